The highest BCUT2D eigenvalue weighted by molar-refractivity contribution is 6.10. The van der Waals surface area contributed by atoms with E-state index in [0.717, 1.165) is 23.7 Å². The summed E-state index contributed by atoms with van der Waals surface area (Å²) in [5.74, 6) is -1.77. The van der Waals surface area contributed by atoms with Crippen LogP contribution in [0.2, 0.25) is 0 Å². The van der Waals surface area contributed by atoms with Crippen LogP contribution in [0, 0.1) is 5.82 Å². The van der Waals surface area contributed by atoms with Gasteiger partial charge in [-0.15, -0.1) is 0 Å². The van der Waals surface area contributed by atoms with Crippen molar-refractivity contribution >= 4 is 29.2 Å². The summed E-state index contributed by atoms with van der Waals surface area (Å²) in [6, 6.07) is 12.5. The first-order chi connectivity index (χ1) is 14.9. The number of urea groups is 1. The summed E-state index contributed by atoms with van der Waals surface area (Å²) in [7, 11) is 0. The van der Waals surface area contributed by atoms with Gasteiger partial charge in [-0.2, -0.15) is 0 Å². The second kappa shape index (κ2) is 8.37. The summed E-state index contributed by atoms with van der Waals surface area (Å²) in [4.78, 5) is 40.9. The van der Waals surface area contributed by atoms with E-state index in [1.165, 1.54) is 44.4 Å². The Kier molecular flexibility index (Phi) is 5.63. The lowest BCUT2D eigenvalue weighted by molar-refractivity contribution is -0.133. The van der Waals surface area contributed by atoms with Crippen molar-refractivity contribution in [1.29, 1.82) is 0 Å². The molecule has 0 bridgehead atoms. The number of amides is 4. The van der Waals surface area contributed by atoms with E-state index in [4.69, 9.17) is 0 Å². The Labute approximate surface area is 180 Å². The molecule has 2 aromatic carbocycles. The van der Waals surface area contributed by atoms with E-state index in [1.54, 1.807) is 18.2 Å². The molecule has 31 heavy (non-hydrogen) atoms. The maximum atomic E-state index is 14.2. The van der Waals surface area contributed by atoms with E-state index >= 15 is 0 Å². The predicted molar refractivity (Wildman–Crippen MR) is 115 cm³/mol. The van der Waals surface area contributed by atoms with Crippen LogP contribution >= 0.6 is 0 Å². The summed E-state index contributed by atoms with van der Waals surface area (Å²) >= 11 is 0. The summed E-state index contributed by atoms with van der Waals surface area (Å²) < 4.78 is 14.2. The first-order valence-corrected chi connectivity index (χ1v) is 10.4. The minimum Gasteiger partial charge on any atom is -0.372 e. The average molecular weight is 424 g/mol. The number of hydrogen-bond donors (Lipinski definition) is 2. The molecule has 8 heteroatoms. The molecule has 2 aliphatic heterocycles. The standard InChI is InChI=1S/C23H25FN4O3/c1-23(18-7-3-4-8-19(18)24)21(30)28(22(31)26-23)15-20(29)25-16-9-11-17(12-10-16)27-13-5-2-6-14-27/h3-4,7-12H,2,5-6,13-15H2,1H3,(H,25,29)(H,26,31). The Morgan fingerprint density at radius 1 is 1.06 bits per heavy atom. The quantitative estimate of drug-likeness (QED) is 0.722. The smallest absolute Gasteiger partial charge is 0.325 e. The van der Waals surface area contributed by atoms with Crippen LogP contribution in [0.3, 0.4) is 0 Å². The van der Waals surface area contributed by atoms with Gasteiger partial charge in [-0.25, -0.2) is 9.18 Å². The third-order valence-corrected chi connectivity index (χ3v) is 5.86. The van der Waals surface area contributed by atoms with E-state index in [1.807, 2.05) is 12.1 Å². The third kappa shape index (κ3) is 4.10. The molecule has 2 aromatic rings. The molecule has 0 spiro atoms. The largest absolute Gasteiger partial charge is 0.372 e. The van der Waals surface area contributed by atoms with Crippen LogP contribution in [-0.4, -0.2) is 42.4 Å². The van der Waals surface area contributed by atoms with Gasteiger partial charge in [0.2, 0.25) is 5.91 Å². The van der Waals surface area contributed by atoms with Gasteiger partial charge in [-0.1, -0.05) is 18.2 Å². The van der Waals surface area contributed by atoms with Crippen LogP contribution in [0.1, 0.15) is 31.7 Å². The van der Waals surface area contributed by atoms with Crippen molar-refractivity contribution in [2.75, 3.05) is 29.9 Å². The van der Waals surface area contributed by atoms with Crippen LogP contribution in [-0.2, 0) is 15.1 Å². The highest BCUT2D eigenvalue weighted by Gasteiger charge is 2.50. The molecular weight excluding hydrogens is 399 g/mol. The van der Waals surface area contributed by atoms with Crippen molar-refractivity contribution in [2.24, 2.45) is 0 Å². The molecule has 2 fully saturated rings. The number of benzene rings is 2. The third-order valence-electron chi connectivity index (χ3n) is 5.86. The number of carbonyl (C=O) groups excluding carboxylic acids is 3. The Balaban J connectivity index is 1.41. The number of rotatable bonds is 5. The lowest BCUT2D eigenvalue weighted by Gasteiger charge is -2.28. The van der Waals surface area contributed by atoms with Crippen molar-refractivity contribution in [3.63, 3.8) is 0 Å². The average Bonchev–Trinajstić information content (AvgIpc) is 2.99. The molecular formula is C23H25FN4O3. The molecule has 4 rings (SSSR count). The van der Waals surface area contributed by atoms with Crippen LogP contribution in [0.25, 0.3) is 0 Å². The zero-order valence-corrected chi connectivity index (χ0v) is 17.4. The van der Waals surface area contributed by atoms with Gasteiger partial charge in [0.05, 0.1) is 0 Å². The fourth-order valence-electron chi connectivity index (χ4n) is 4.14. The van der Waals surface area contributed by atoms with Gasteiger partial charge in [0.25, 0.3) is 5.91 Å². The SMILES string of the molecule is CC1(c2ccccc2F)NC(=O)N(CC(=O)Nc2ccc(N3CCCCC3)cc2)C1=O. The molecule has 2 N–H and O–H groups in total. The summed E-state index contributed by atoms with van der Waals surface area (Å²) in [6.45, 7) is 3.03. The van der Waals surface area contributed by atoms with E-state index in [0.29, 0.717) is 5.69 Å². The Hall–Kier alpha value is -3.42. The zero-order chi connectivity index (χ0) is 22.0. The molecule has 2 saturated heterocycles. The molecule has 2 heterocycles. The molecule has 7 nitrogen and oxygen atoms in total. The second-order valence-corrected chi connectivity index (χ2v) is 8.07. The topological polar surface area (TPSA) is 81.8 Å². The molecule has 0 aliphatic carbocycles. The first kappa shape index (κ1) is 20.8. The molecule has 2 aliphatic rings. The maximum absolute atomic E-state index is 14.2. The lowest BCUT2D eigenvalue weighted by atomic mass is 9.91. The number of anilines is 2. The van der Waals surface area contributed by atoms with Gasteiger partial charge >= 0.3 is 6.03 Å². The summed E-state index contributed by atoms with van der Waals surface area (Å²) in [6.07, 6.45) is 3.61. The van der Waals surface area contributed by atoms with Crippen molar-refractivity contribution in [1.82, 2.24) is 10.2 Å². The van der Waals surface area contributed by atoms with E-state index in [2.05, 4.69) is 15.5 Å². The van der Waals surface area contributed by atoms with Gasteiger partial charge in [-0.05, 0) is 56.5 Å². The van der Waals surface area contributed by atoms with Crippen molar-refractivity contribution in [3.8, 4) is 0 Å². The molecule has 1 atom stereocenters. The van der Waals surface area contributed by atoms with Crippen LogP contribution in [0.15, 0.2) is 48.5 Å². The van der Waals surface area contributed by atoms with Gasteiger partial charge < -0.3 is 15.5 Å². The number of nitrogens with zero attached hydrogens (tertiary/aromatic N) is 2. The van der Waals surface area contributed by atoms with Crippen molar-refractivity contribution < 1.29 is 18.8 Å². The van der Waals surface area contributed by atoms with Gasteiger partial charge in [0.15, 0.2) is 0 Å². The van der Waals surface area contributed by atoms with Crippen LogP contribution < -0.4 is 15.5 Å². The summed E-state index contributed by atoms with van der Waals surface area (Å²) in [5, 5.41) is 5.23. The Bertz CT molecular complexity index is 1000. The highest BCUT2D eigenvalue weighted by Crippen LogP contribution is 2.30. The number of carbonyl (C=O) groups is 3. The van der Waals surface area contributed by atoms with Crippen LogP contribution in [0.5, 0.6) is 0 Å². The Morgan fingerprint density at radius 3 is 2.42 bits per heavy atom. The maximum Gasteiger partial charge on any atom is 0.325 e. The number of nitrogens with one attached hydrogen (secondary N) is 2. The molecule has 162 valence electrons. The highest BCUT2D eigenvalue weighted by atomic mass is 19.1. The Morgan fingerprint density at radius 2 is 1.74 bits per heavy atom. The number of halogens is 1. The predicted octanol–water partition coefficient (Wildman–Crippen LogP) is 3.22. The number of hydrogen-bond acceptors (Lipinski definition) is 4. The van der Waals surface area contributed by atoms with E-state index in [9.17, 15) is 18.8 Å². The van der Waals surface area contributed by atoms with Gasteiger partial charge in [0, 0.05) is 30.0 Å². The lowest BCUT2D eigenvalue weighted by Crippen LogP contribution is -2.42. The van der Waals surface area contributed by atoms with Crippen molar-refractivity contribution in [3.05, 3.63) is 59.9 Å². The van der Waals surface area contributed by atoms with E-state index < -0.39 is 35.7 Å². The summed E-state index contributed by atoms with van der Waals surface area (Å²) in [5.41, 5.74) is 0.186. The zero-order valence-electron chi connectivity index (χ0n) is 17.4. The van der Waals surface area contributed by atoms with E-state index in [-0.39, 0.29) is 5.56 Å². The fraction of sp³-hybridized carbons (Fsp3) is 0.348. The van der Waals surface area contributed by atoms with Crippen LogP contribution in [0.4, 0.5) is 20.6 Å². The van der Waals surface area contributed by atoms with Gasteiger partial charge in [-0.3, -0.25) is 14.5 Å². The number of piperidine rings is 1. The second-order valence-electron chi connectivity index (χ2n) is 8.07. The number of imide groups is 1. The first-order valence-electron chi connectivity index (χ1n) is 10.4. The molecule has 1 unspecified atom stereocenters. The van der Waals surface area contributed by atoms with Crippen molar-refractivity contribution in [2.45, 2.75) is 31.7 Å². The molecule has 4 amide bonds. The molecule has 0 saturated carbocycles. The monoisotopic (exact) mass is 424 g/mol. The van der Waals surface area contributed by atoms with Gasteiger partial charge in [0.1, 0.15) is 17.9 Å². The normalized spacial score (nSPS) is 21.2. The molecule has 0 radical (unpaired) electrons. The minimum atomic E-state index is -1.56. The fourth-order valence-corrected chi connectivity index (χ4v) is 4.14. The molecule has 0 aromatic heterocycles. The minimum absolute atomic E-state index is 0.0598.